The molecule has 7 nitrogen and oxygen atoms in total. The number of methoxy groups -OCH3 is 1. The molecule has 0 bridgehead atoms. The number of aryl methyl sites for hydroxylation is 2. The fraction of sp³-hybridized carbons (Fsp3) is 0.375. The van der Waals surface area contributed by atoms with Crippen LogP contribution >= 0.6 is 11.6 Å². The maximum Gasteiger partial charge on any atom is 0.264 e. The number of nitrogens with one attached hydrogen (secondary N) is 1. The first-order valence-electron chi connectivity index (χ1n) is 14.0. The molecule has 8 heteroatoms. The van der Waals surface area contributed by atoms with Crippen LogP contribution in [0.5, 0.6) is 5.75 Å². The van der Waals surface area contributed by atoms with Gasteiger partial charge in [0.1, 0.15) is 12.0 Å². The molecule has 3 aromatic carbocycles. The lowest BCUT2D eigenvalue weighted by Gasteiger charge is -2.32. The molecule has 1 saturated heterocycles. The van der Waals surface area contributed by atoms with Gasteiger partial charge in [0, 0.05) is 34.6 Å². The van der Waals surface area contributed by atoms with Gasteiger partial charge in [0.25, 0.3) is 11.8 Å². The van der Waals surface area contributed by atoms with Crippen LogP contribution in [0.1, 0.15) is 57.5 Å². The van der Waals surface area contributed by atoms with Gasteiger partial charge in [-0.15, -0.1) is 0 Å². The molecule has 210 valence electrons. The molecule has 1 fully saturated rings. The first-order valence-corrected chi connectivity index (χ1v) is 14.3. The second kappa shape index (κ2) is 12.9. The minimum atomic E-state index is -0.414. The van der Waals surface area contributed by atoms with E-state index in [0.717, 1.165) is 49.3 Å². The van der Waals surface area contributed by atoms with Crippen LogP contribution in [0.25, 0.3) is 0 Å². The standard InChI is InChI=1S/C32H36ClN3O4/c1-22-8-3-4-10-26(22)31(37)34-25-13-14-27(29(21-25)39-2)32(38)36-28-15-12-24(33)20-23(28)9-7-11-30(36)40-19-18-35-16-5-6-17-35/h3-4,8,10,12-15,20-21,30H,5-7,9,11,16-19H2,1-2H3,(H,34,37). The van der Waals surface area contributed by atoms with Crippen molar-refractivity contribution in [3.8, 4) is 5.75 Å². The summed E-state index contributed by atoms with van der Waals surface area (Å²) in [6, 6.07) is 18.2. The molecule has 0 saturated carbocycles. The molecule has 40 heavy (non-hydrogen) atoms. The molecule has 1 N–H and O–H groups in total. The van der Waals surface area contributed by atoms with E-state index < -0.39 is 6.23 Å². The number of carbonyl (C=O) groups excluding carboxylic acids is 2. The van der Waals surface area contributed by atoms with Crippen molar-refractivity contribution in [2.75, 3.05) is 43.6 Å². The van der Waals surface area contributed by atoms with Crippen LogP contribution in [0.4, 0.5) is 11.4 Å². The lowest BCUT2D eigenvalue weighted by atomic mass is 10.1. The predicted octanol–water partition coefficient (Wildman–Crippen LogP) is 6.33. The molecule has 2 heterocycles. The van der Waals surface area contributed by atoms with E-state index in [1.54, 1.807) is 29.2 Å². The number of benzene rings is 3. The van der Waals surface area contributed by atoms with E-state index in [4.69, 9.17) is 21.1 Å². The van der Waals surface area contributed by atoms with Crippen molar-refractivity contribution in [1.82, 2.24) is 4.90 Å². The van der Waals surface area contributed by atoms with Crippen LogP contribution in [-0.4, -0.2) is 56.3 Å². The van der Waals surface area contributed by atoms with Crippen LogP contribution < -0.4 is 15.0 Å². The third kappa shape index (κ3) is 6.33. The summed E-state index contributed by atoms with van der Waals surface area (Å²) in [6.07, 6.45) is 4.44. The van der Waals surface area contributed by atoms with Crippen molar-refractivity contribution in [2.45, 2.75) is 45.3 Å². The lowest BCUT2D eigenvalue weighted by molar-refractivity contribution is 0.0317. The molecule has 0 aromatic heterocycles. The topological polar surface area (TPSA) is 71.1 Å². The highest BCUT2D eigenvalue weighted by molar-refractivity contribution is 6.30. The molecule has 0 aliphatic carbocycles. The minimum Gasteiger partial charge on any atom is -0.496 e. The Morgan fingerprint density at radius 2 is 1.80 bits per heavy atom. The second-order valence-electron chi connectivity index (χ2n) is 10.4. The molecule has 1 atom stereocenters. The highest BCUT2D eigenvalue weighted by Gasteiger charge is 2.33. The number of carbonyl (C=O) groups is 2. The fourth-order valence-corrected chi connectivity index (χ4v) is 5.76. The van der Waals surface area contributed by atoms with Crippen LogP contribution in [0, 0.1) is 6.92 Å². The number of halogens is 1. The third-order valence-electron chi connectivity index (χ3n) is 7.70. The Morgan fingerprint density at radius 1 is 1.00 bits per heavy atom. The summed E-state index contributed by atoms with van der Waals surface area (Å²) in [6.45, 7) is 5.50. The molecule has 3 aromatic rings. The van der Waals surface area contributed by atoms with Crippen molar-refractivity contribution in [3.63, 3.8) is 0 Å². The van der Waals surface area contributed by atoms with Crippen molar-refractivity contribution in [1.29, 1.82) is 0 Å². The lowest BCUT2D eigenvalue weighted by Crippen LogP contribution is -2.43. The summed E-state index contributed by atoms with van der Waals surface area (Å²) in [4.78, 5) is 31.3. The van der Waals surface area contributed by atoms with Crippen LogP contribution in [0.15, 0.2) is 60.7 Å². The summed E-state index contributed by atoms with van der Waals surface area (Å²) >= 11 is 6.33. The highest BCUT2D eigenvalue weighted by Crippen LogP contribution is 2.35. The number of nitrogens with zero attached hydrogens (tertiary/aromatic N) is 2. The summed E-state index contributed by atoms with van der Waals surface area (Å²) < 4.78 is 12.1. The molecular formula is C32H36ClN3O4. The predicted molar refractivity (Wildman–Crippen MR) is 159 cm³/mol. The Bertz CT molecular complexity index is 1370. The average molecular weight is 562 g/mol. The number of amides is 2. The van der Waals surface area contributed by atoms with E-state index in [9.17, 15) is 9.59 Å². The van der Waals surface area contributed by atoms with Gasteiger partial charge < -0.3 is 19.7 Å². The van der Waals surface area contributed by atoms with E-state index in [0.29, 0.717) is 40.6 Å². The Kier molecular flexibility index (Phi) is 9.04. The second-order valence-corrected chi connectivity index (χ2v) is 10.8. The number of fused-ring (bicyclic) bond motifs is 1. The molecule has 2 aliphatic heterocycles. The SMILES string of the molecule is COc1cc(NC(=O)c2ccccc2C)ccc1C(=O)N1c2ccc(Cl)cc2CCCC1OCCN1CCCC1. The monoisotopic (exact) mass is 561 g/mol. The molecule has 0 radical (unpaired) electrons. The zero-order chi connectivity index (χ0) is 28.1. The van der Waals surface area contributed by atoms with Gasteiger partial charge in [-0.25, -0.2) is 0 Å². The van der Waals surface area contributed by atoms with Gasteiger partial charge in [0.15, 0.2) is 0 Å². The first kappa shape index (κ1) is 28.1. The largest absolute Gasteiger partial charge is 0.496 e. The number of likely N-dealkylation sites (tertiary alicyclic amines) is 1. The van der Waals surface area contributed by atoms with Gasteiger partial charge >= 0.3 is 0 Å². The Labute approximate surface area is 241 Å². The molecule has 0 spiro atoms. The highest BCUT2D eigenvalue weighted by atomic mass is 35.5. The number of hydrogen-bond acceptors (Lipinski definition) is 5. The quantitative estimate of drug-likeness (QED) is 0.348. The van der Waals surface area contributed by atoms with Gasteiger partial charge in [-0.05, 0) is 99.6 Å². The number of hydrogen-bond donors (Lipinski definition) is 1. The first-order chi connectivity index (χ1) is 19.4. The number of ether oxygens (including phenoxy) is 2. The van der Waals surface area contributed by atoms with Gasteiger partial charge in [-0.2, -0.15) is 0 Å². The zero-order valence-corrected chi connectivity index (χ0v) is 23.9. The van der Waals surface area contributed by atoms with Gasteiger partial charge in [-0.1, -0.05) is 29.8 Å². The van der Waals surface area contributed by atoms with E-state index in [-0.39, 0.29) is 11.8 Å². The Hall–Kier alpha value is -3.39. The van der Waals surface area contributed by atoms with Crippen molar-refractivity contribution >= 4 is 34.8 Å². The molecule has 2 amide bonds. The van der Waals surface area contributed by atoms with Gasteiger partial charge in [0.2, 0.25) is 0 Å². The van der Waals surface area contributed by atoms with Crippen LogP contribution in [0.2, 0.25) is 5.02 Å². The van der Waals surface area contributed by atoms with Crippen molar-refractivity contribution in [3.05, 3.63) is 87.9 Å². The average Bonchev–Trinajstić information content (AvgIpc) is 3.41. The zero-order valence-electron chi connectivity index (χ0n) is 23.1. The van der Waals surface area contributed by atoms with E-state index >= 15 is 0 Å². The minimum absolute atomic E-state index is 0.217. The van der Waals surface area contributed by atoms with Crippen molar-refractivity contribution in [2.24, 2.45) is 0 Å². The summed E-state index contributed by atoms with van der Waals surface area (Å²) in [5, 5.41) is 3.57. The Morgan fingerprint density at radius 3 is 2.58 bits per heavy atom. The fourth-order valence-electron chi connectivity index (χ4n) is 5.56. The maximum atomic E-state index is 14.2. The van der Waals surface area contributed by atoms with E-state index in [1.807, 2.05) is 43.3 Å². The van der Waals surface area contributed by atoms with Crippen molar-refractivity contribution < 1.29 is 19.1 Å². The number of rotatable bonds is 8. The summed E-state index contributed by atoms with van der Waals surface area (Å²) in [5.74, 6) is -0.0579. The molecular weight excluding hydrogens is 526 g/mol. The van der Waals surface area contributed by atoms with Crippen LogP contribution in [-0.2, 0) is 11.2 Å². The van der Waals surface area contributed by atoms with Gasteiger partial charge in [0.05, 0.1) is 19.3 Å². The van der Waals surface area contributed by atoms with Crippen LogP contribution in [0.3, 0.4) is 0 Å². The van der Waals surface area contributed by atoms with Gasteiger partial charge in [-0.3, -0.25) is 14.5 Å². The summed E-state index contributed by atoms with van der Waals surface area (Å²) in [7, 11) is 1.53. The normalized spacial score (nSPS) is 17.3. The van der Waals surface area contributed by atoms with E-state index in [2.05, 4.69) is 10.2 Å². The molecule has 5 rings (SSSR count). The summed E-state index contributed by atoms with van der Waals surface area (Å²) in [5.41, 5.74) is 4.24. The number of anilines is 2. The molecule has 1 unspecified atom stereocenters. The maximum absolute atomic E-state index is 14.2. The Balaban J connectivity index is 1.41. The van der Waals surface area contributed by atoms with E-state index in [1.165, 1.54) is 20.0 Å². The molecule has 2 aliphatic rings. The smallest absolute Gasteiger partial charge is 0.264 e. The third-order valence-corrected chi connectivity index (χ3v) is 7.94.